The molecule has 15 heavy (non-hydrogen) atoms. The third-order valence-corrected chi connectivity index (χ3v) is 2.09. The highest BCUT2D eigenvalue weighted by molar-refractivity contribution is 4.98. The number of hydrogen-bond acceptors (Lipinski definition) is 4. The number of likely N-dealkylation sites (N-methyl/N-ethyl adjacent to an activating group) is 2. The molecule has 0 aromatic carbocycles. The molecule has 5 heteroatoms. The van der Waals surface area contributed by atoms with Crippen LogP contribution in [0.15, 0.2) is 16.9 Å². The van der Waals surface area contributed by atoms with Crippen molar-refractivity contribution >= 4 is 0 Å². The van der Waals surface area contributed by atoms with Gasteiger partial charge in [0.15, 0.2) is 0 Å². The first-order valence-electron chi connectivity index (χ1n) is 5.16. The van der Waals surface area contributed by atoms with Crippen LogP contribution in [0.2, 0.25) is 0 Å². The molecule has 0 fully saturated rings. The number of nitrogens with one attached hydrogen (secondary N) is 2. The maximum Gasteiger partial charge on any atom is 0.264 e. The number of hydrogen-bond donors (Lipinski definition) is 2. The van der Waals surface area contributed by atoms with Gasteiger partial charge in [-0.15, -0.1) is 0 Å². The summed E-state index contributed by atoms with van der Waals surface area (Å²) < 4.78 is 0. The van der Waals surface area contributed by atoms with E-state index < -0.39 is 0 Å². The van der Waals surface area contributed by atoms with Crippen LogP contribution in [0, 0.1) is 0 Å². The maximum absolute atomic E-state index is 10.8. The van der Waals surface area contributed by atoms with Gasteiger partial charge in [0.05, 0.1) is 5.69 Å². The van der Waals surface area contributed by atoms with E-state index in [1.165, 1.54) is 6.07 Å². The zero-order chi connectivity index (χ0) is 11.1. The Kier molecular flexibility index (Phi) is 5.00. The SMILES string of the molecule is CCNCCN(C)Cc1ccc(=O)[nH]n1. The standard InChI is InChI=1S/C10H18N4O/c1-3-11-6-7-14(2)8-9-4-5-10(15)13-12-9/h4-5,11H,3,6-8H2,1-2H3,(H,13,15). The van der Waals surface area contributed by atoms with Gasteiger partial charge >= 0.3 is 0 Å². The van der Waals surface area contributed by atoms with Gasteiger partial charge in [0.1, 0.15) is 0 Å². The van der Waals surface area contributed by atoms with Gasteiger partial charge in [-0.2, -0.15) is 5.10 Å². The fourth-order valence-corrected chi connectivity index (χ4v) is 1.26. The third kappa shape index (κ3) is 4.71. The highest BCUT2D eigenvalue weighted by Crippen LogP contribution is 1.94. The van der Waals surface area contributed by atoms with Crippen molar-refractivity contribution in [1.82, 2.24) is 20.4 Å². The first kappa shape index (κ1) is 11.9. The van der Waals surface area contributed by atoms with Crippen LogP contribution in [-0.2, 0) is 6.54 Å². The molecule has 0 saturated carbocycles. The van der Waals surface area contributed by atoms with E-state index in [1.807, 2.05) is 7.05 Å². The summed E-state index contributed by atoms with van der Waals surface area (Å²) in [6.07, 6.45) is 0. The largest absolute Gasteiger partial charge is 0.316 e. The molecule has 0 unspecified atom stereocenters. The van der Waals surface area contributed by atoms with Gasteiger partial charge in [0, 0.05) is 25.7 Å². The van der Waals surface area contributed by atoms with E-state index in [9.17, 15) is 4.79 Å². The molecule has 1 aromatic heterocycles. The van der Waals surface area contributed by atoms with E-state index >= 15 is 0 Å². The van der Waals surface area contributed by atoms with Gasteiger partial charge in [-0.05, 0) is 19.7 Å². The van der Waals surface area contributed by atoms with Gasteiger partial charge in [-0.1, -0.05) is 6.92 Å². The quantitative estimate of drug-likeness (QED) is 0.639. The molecule has 0 radical (unpaired) electrons. The fourth-order valence-electron chi connectivity index (χ4n) is 1.26. The van der Waals surface area contributed by atoms with Gasteiger partial charge in [-0.3, -0.25) is 9.69 Å². The second-order valence-corrected chi connectivity index (χ2v) is 3.50. The summed E-state index contributed by atoms with van der Waals surface area (Å²) in [5, 5.41) is 9.63. The second kappa shape index (κ2) is 6.31. The van der Waals surface area contributed by atoms with Crippen LogP contribution in [-0.4, -0.2) is 41.8 Å². The first-order chi connectivity index (χ1) is 7.22. The minimum absolute atomic E-state index is 0.158. The highest BCUT2D eigenvalue weighted by atomic mass is 16.1. The van der Waals surface area contributed by atoms with E-state index in [0.717, 1.165) is 31.9 Å². The van der Waals surface area contributed by atoms with Crippen LogP contribution < -0.4 is 10.9 Å². The van der Waals surface area contributed by atoms with E-state index in [-0.39, 0.29) is 5.56 Å². The Morgan fingerprint density at radius 2 is 2.33 bits per heavy atom. The summed E-state index contributed by atoms with van der Waals surface area (Å²) in [6, 6.07) is 3.25. The lowest BCUT2D eigenvalue weighted by Gasteiger charge is -2.15. The van der Waals surface area contributed by atoms with Crippen LogP contribution in [0.3, 0.4) is 0 Å². The van der Waals surface area contributed by atoms with Crippen molar-refractivity contribution in [3.63, 3.8) is 0 Å². The predicted molar refractivity (Wildman–Crippen MR) is 59.7 cm³/mol. The molecule has 1 aromatic rings. The first-order valence-corrected chi connectivity index (χ1v) is 5.16. The van der Waals surface area contributed by atoms with Gasteiger partial charge < -0.3 is 5.32 Å². The molecule has 0 aliphatic heterocycles. The highest BCUT2D eigenvalue weighted by Gasteiger charge is 2.00. The lowest BCUT2D eigenvalue weighted by atomic mass is 10.3. The molecular formula is C10H18N4O. The lowest BCUT2D eigenvalue weighted by Crippen LogP contribution is -2.29. The van der Waals surface area contributed by atoms with Crippen molar-refractivity contribution in [1.29, 1.82) is 0 Å². The van der Waals surface area contributed by atoms with Crippen molar-refractivity contribution in [2.24, 2.45) is 0 Å². The summed E-state index contributed by atoms with van der Waals surface area (Å²) in [5.41, 5.74) is 0.725. The van der Waals surface area contributed by atoms with Crippen molar-refractivity contribution in [3.8, 4) is 0 Å². The van der Waals surface area contributed by atoms with Crippen LogP contribution in [0.5, 0.6) is 0 Å². The summed E-state index contributed by atoms with van der Waals surface area (Å²) in [7, 11) is 2.03. The number of nitrogens with zero attached hydrogens (tertiary/aromatic N) is 2. The fraction of sp³-hybridized carbons (Fsp3) is 0.600. The smallest absolute Gasteiger partial charge is 0.264 e. The summed E-state index contributed by atoms with van der Waals surface area (Å²) in [4.78, 5) is 12.9. The second-order valence-electron chi connectivity index (χ2n) is 3.50. The predicted octanol–water partition coefficient (Wildman–Crippen LogP) is -0.189. The number of aromatic nitrogens is 2. The third-order valence-electron chi connectivity index (χ3n) is 2.09. The number of rotatable bonds is 6. The Morgan fingerprint density at radius 1 is 1.53 bits per heavy atom. The molecule has 0 spiro atoms. The zero-order valence-corrected chi connectivity index (χ0v) is 9.29. The monoisotopic (exact) mass is 210 g/mol. The molecule has 2 N–H and O–H groups in total. The molecule has 0 saturated heterocycles. The zero-order valence-electron chi connectivity index (χ0n) is 9.29. The number of H-pyrrole nitrogens is 1. The Labute approximate surface area is 89.5 Å². The summed E-state index contributed by atoms with van der Waals surface area (Å²) in [5.74, 6) is 0. The Balaban J connectivity index is 2.34. The molecule has 0 amide bonds. The van der Waals surface area contributed by atoms with E-state index in [4.69, 9.17) is 0 Å². The van der Waals surface area contributed by atoms with Crippen LogP contribution >= 0.6 is 0 Å². The van der Waals surface area contributed by atoms with Crippen LogP contribution in [0.4, 0.5) is 0 Å². The van der Waals surface area contributed by atoms with E-state index in [1.54, 1.807) is 6.07 Å². The molecule has 0 bridgehead atoms. The van der Waals surface area contributed by atoms with Crippen molar-refractivity contribution in [3.05, 3.63) is 28.2 Å². The lowest BCUT2D eigenvalue weighted by molar-refractivity contribution is 0.320. The molecular weight excluding hydrogens is 192 g/mol. The molecule has 5 nitrogen and oxygen atoms in total. The molecule has 1 rings (SSSR count). The van der Waals surface area contributed by atoms with Crippen molar-refractivity contribution in [2.45, 2.75) is 13.5 Å². The minimum Gasteiger partial charge on any atom is -0.316 e. The topological polar surface area (TPSA) is 61.0 Å². The molecule has 0 atom stereocenters. The molecule has 1 heterocycles. The Bertz CT molecular complexity index is 316. The van der Waals surface area contributed by atoms with E-state index in [0.29, 0.717) is 0 Å². The normalized spacial score (nSPS) is 10.9. The molecule has 84 valence electrons. The van der Waals surface area contributed by atoms with Crippen LogP contribution in [0.25, 0.3) is 0 Å². The summed E-state index contributed by atoms with van der Waals surface area (Å²) >= 11 is 0. The summed E-state index contributed by atoms with van der Waals surface area (Å²) in [6.45, 7) is 5.77. The van der Waals surface area contributed by atoms with Crippen LogP contribution in [0.1, 0.15) is 12.6 Å². The van der Waals surface area contributed by atoms with Gasteiger partial charge in [-0.25, -0.2) is 5.10 Å². The Morgan fingerprint density at radius 3 is 2.93 bits per heavy atom. The molecule has 0 aliphatic carbocycles. The van der Waals surface area contributed by atoms with Gasteiger partial charge in [0.25, 0.3) is 5.56 Å². The molecule has 0 aliphatic rings. The average molecular weight is 210 g/mol. The average Bonchev–Trinajstić information content (AvgIpc) is 2.22. The van der Waals surface area contributed by atoms with Crippen molar-refractivity contribution in [2.75, 3.05) is 26.7 Å². The van der Waals surface area contributed by atoms with Crippen molar-refractivity contribution < 1.29 is 0 Å². The maximum atomic E-state index is 10.8. The Hall–Kier alpha value is -1.20. The van der Waals surface area contributed by atoms with Gasteiger partial charge in [0.2, 0.25) is 0 Å². The number of aromatic amines is 1. The van der Waals surface area contributed by atoms with E-state index in [2.05, 4.69) is 27.3 Å². The minimum atomic E-state index is -0.158.